The summed E-state index contributed by atoms with van der Waals surface area (Å²) >= 11 is 0. The average molecular weight is 325 g/mol. The highest BCUT2D eigenvalue weighted by atomic mass is 19.1. The third-order valence-electron chi connectivity index (χ3n) is 5.22. The lowest BCUT2D eigenvalue weighted by molar-refractivity contribution is -0.125. The molecular formula is C19H20FN3O. The van der Waals surface area contributed by atoms with E-state index in [9.17, 15) is 9.18 Å². The summed E-state index contributed by atoms with van der Waals surface area (Å²) in [6.07, 6.45) is 5.26. The van der Waals surface area contributed by atoms with Gasteiger partial charge in [0, 0.05) is 25.8 Å². The molecule has 2 aromatic rings. The van der Waals surface area contributed by atoms with Crippen LogP contribution in [0, 0.1) is 11.2 Å². The van der Waals surface area contributed by atoms with Gasteiger partial charge in [-0.3, -0.25) is 14.7 Å². The van der Waals surface area contributed by atoms with Gasteiger partial charge in [0.25, 0.3) is 0 Å². The summed E-state index contributed by atoms with van der Waals surface area (Å²) in [4.78, 5) is 21.3. The minimum absolute atomic E-state index is 0.213. The molecule has 1 aromatic heterocycles. The predicted octanol–water partition coefficient (Wildman–Crippen LogP) is 2.85. The number of aromatic nitrogens is 1. The molecule has 0 unspecified atom stereocenters. The third-order valence-corrected chi connectivity index (χ3v) is 5.22. The molecule has 1 atom stereocenters. The number of anilines is 1. The fourth-order valence-electron chi connectivity index (χ4n) is 3.90. The van der Waals surface area contributed by atoms with E-state index in [1.54, 1.807) is 12.4 Å². The van der Waals surface area contributed by atoms with Crippen LogP contribution in [0.3, 0.4) is 0 Å². The van der Waals surface area contributed by atoms with Gasteiger partial charge in [-0.25, -0.2) is 4.39 Å². The highest BCUT2D eigenvalue weighted by molar-refractivity contribution is 6.00. The molecule has 5 heteroatoms. The van der Waals surface area contributed by atoms with Crippen LogP contribution in [0.2, 0.25) is 0 Å². The van der Waals surface area contributed by atoms with Gasteiger partial charge in [-0.05, 0) is 49.2 Å². The second kappa shape index (κ2) is 5.98. The molecule has 0 saturated carbocycles. The van der Waals surface area contributed by atoms with Crippen molar-refractivity contribution in [3.63, 3.8) is 0 Å². The molecule has 4 nitrogen and oxygen atoms in total. The molecule has 1 aromatic carbocycles. The number of likely N-dealkylation sites (tertiary alicyclic amines) is 1. The molecule has 124 valence electrons. The largest absolute Gasteiger partial charge is 0.310 e. The molecule has 4 rings (SSSR count). The van der Waals surface area contributed by atoms with E-state index >= 15 is 0 Å². The van der Waals surface area contributed by atoms with Crippen LogP contribution in [-0.4, -0.2) is 35.4 Å². The highest BCUT2D eigenvalue weighted by Crippen LogP contribution is 2.42. The molecule has 2 aliphatic rings. The Labute approximate surface area is 140 Å². The maximum Gasteiger partial charge on any atom is 0.234 e. The van der Waals surface area contributed by atoms with E-state index < -0.39 is 0 Å². The smallest absolute Gasteiger partial charge is 0.234 e. The Morgan fingerprint density at radius 1 is 1.12 bits per heavy atom. The Morgan fingerprint density at radius 3 is 2.67 bits per heavy atom. The van der Waals surface area contributed by atoms with Gasteiger partial charge in [0.05, 0.1) is 17.3 Å². The van der Waals surface area contributed by atoms with Gasteiger partial charge < -0.3 is 4.90 Å². The van der Waals surface area contributed by atoms with E-state index in [1.807, 2.05) is 29.2 Å². The number of carbonyl (C=O) groups excluding carboxylic acids is 1. The Kier molecular flexibility index (Phi) is 3.81. The zero-order valence-electron chi connectivity index (χ0n) is 13.5. The molecule has 24 heavy (non-hydrogen) atoms. The highest BCUT2D eigenvalue weighted by Gasteiger charge is 2.50. The molecule has 2 fully saturated rings. The van der Waals surface area contributed by atoms with Crippen molar-refractivity contribution in [2.24, 2.45) is 5.41 Å². The number of hydrogen-bond donors (Lipinski definition) is 0. The molecule has 2 aliphatic heterocycles. The van der Waals surface area contributed by atoms with Crippen LogP contribution in [0.25, 0.3) is 0 Å². The van der Waals surface area contributed by atoms with Crippen LogP contribution >= 0.6 is 0 Å². The van der Waals surface area contributed by atoms with Crippen molar-refractivity contribution in [3.05, 3.63) is 60.2 Å². The van der Waals surface area contributed by atoms with E-state index in [4.69, 9.17) is 0 Å². The number of rotatable bonds is 3. The van der Waals surface area contributed by atoms with Crippen LogP contribution < -0.4 is 4.90 Å². The first-order chi connectivity index (χ1) is 11.7. The average Bonchev–Trinajstić information content (AvgIpc) is 3.16. The van der Waals surface area contributed by atoms with Gasteiger partial charge in [0.1, 0.15) is 5.82 Å². The first kappa shape index (κ1) is 15.3. The molecule has 1 amide bonds. The van der Waals surface area contributed by atoms with Crippen molar-refractivity contribution < 1.29 is 9.18 Å². The van der Waals surface area contributed by atoms with Crippen molar-refractivity contribution >= 4 is 11.6 Å². The standard InChI is InChI=1S/C19H20FN3O/c20-16-5-3-15(4-6-16)13-22-10-7-19(14-22)8-11-23(18(19)24)17-2-1-9-21-12-17/h1-6,9,12H,7-8,10-11,13-14H2/t19-/m1/s1. The minimum atomic E-state index is -0.268. The number of nitrogens with zero attached hydrogens (tertiary/aromatic N) is 3. The Hall–Kier alpha value is -2.27. The third kappa shape index (κ3) is 2.69. The molecule has 0 aliphatic carbocycles. The second-order valence-corrected chi connectivity index (χ2v) is 6.79. The van der Waals surface area contributed by atoms with E-state index in [2.05, 4.69) is 9.88 Å². The zero-order chi connectivity index (χ0) is 16.6. The lowest BCUT2D eigenvalue weighted by atomic mass is 9.85. The number of halogens is 1. The van der Waals surface area contributed by atoms with Crippen molar-refractivity contribution in [2.45, 2.75) is 19.4 Å². The van der Waals surface area contributed by atoms with Gasteiger partial charge in [-0.15, -0.1) is 0 Å². The maximum absolute atomic E-state index is 13.0. The molecule has 3 heterocycles. The topological polar surface area (TPSA) is 36.4 Å². The molecule has 0 bridgehead atoms. The van der Waals surface area contributed by atoms with Gasteiger partial charge in [0.2, 0.25) is 5.91 Å². The molecule has 2 saturated heterocycles. The van der Waals surface area contributed by atoms with Crippen LogP contribution in [0.5, 0.6) is 0 Å². The first-order valence-electron chi connectivity index (χ1n) is 8.35. The molecule has 0 radical (unpaired) electrons. The minimum Gasteiger partial charge on any atom is -0.310 e. The number of hydrogen-bond acceptors (Lipinski definition) is 3. The van der Waals surface area contributed by atoms with Crippen molar-refractivity contribution in [3.8, 4) is 0 Å². The van der Waals surface area contributed by atoms with E-state index in [0.717, 1.165) is 50.3 Å². The fraction of sp³-hybridized carbons (Fsp3) is 0.368. The summed E-state index contributed by atoms with van der Waals surface area (Å²) in [5, 5.41) is 0. The normalized spacial score (nSPS) is 24.2. The van der Waals surface area contributed by atoms with E-state index in [1.165, 1.54) is 12.1 Å². The second-order valence-electron chi connectivity index (χ2n) is 6.79. The van der Waals surface area contributed by atoms with Gasteiger partial charge in [0.15, 0.2) is 0 Å². The summed E-state index contributed by atoms with van der Waals surface area (Å²) in [5.74, 6) is 0.00633. The summed E-state index contributed by atoms with van der Waals surface area (Å²) in [6, 6.07) is 10.4. The Morgan fingerprint density at radius 2 is 1.92 bits per heavy atom. The van der Waals surface area contributed by atoms with Gasteiger partial charge in [-0.1, -0.05) is 12.1 Å². The molecule has 1 spiro atoms. The first-order valence-corrected chi connectivity index (χ1v) is 8.35. The lowest BCUT2D eigenvalue weighted by Crippen LogP contribution is -2.36. The summed E-state index contributed by atoms with van der Waals surface area (Å²) in [6.45, 7) is 3.21. The van der Waals surface area contributed by atoms with Gasteiger partial charge in [-0.2, -0.15) is 0 Å². The van der Waals surface area contributed by atoms with Crippen molar-refractivity contribution in [2.75, 3.05) is 24.5 Å². The van der Waals surface area contributed by atoms with Crippen molar-refractivity contribution in [1.82, 2.24) is 9.88 Å². The van der Waals surface area contributed by atoms with Crippen LogP contribution in [-0.2, 0) is 11.3 Å². The quantitative estimate of drug-likeness (QED) is 0.871. The predicted molar refractivity (Wildman–Crippen MR) is 89.9 cm³/mol. The summed E-state index contributed by atoms with van der Waals surface area (Å²) < 4.78 is 13.0. The van der Waals surface area contributed by atoms with Crippen molar-refractivity contribution in [1.29, 1.82) is 0 Å². The molecule has 0 N–H and O–H groups in total. The fourth-order valence-corrected chi connectivity index (χ4v) is 3.90. The summed E-state index contributed by atoms with van der Waals surface area (Å²) in [7, 11) is 0. The molecular weight excluding hydrogens is 305 g/mol. The Bertz CT molecular complexity index is 734. The van der Waals surface area contributed by atoms with Crippen LogP contribution in [0.4, 0.5) is 10.1 Å². The summed E-state index contributed by atoms with van der Waals surface area (Å²) in [5.41, 5.74) is 1.70. The number of pyridine rings is 1. The number of benzene rings is 1. The van der Waals surface area contributed by atoms with Crippen LogP contribution in [0.15, 0.2) is 48.8 Å². The lowest BCUT2D eigenvalue weighted by Gasteiger charge is -2.23. The Balaban J connectivity index is 1.46. The monoisotopic (exact) mass is 325 g/mol. The van der Waals surface area contributed by atoms with E-state index in [0.29, 0.717) is 0 Å². The SMILES string of the molecule is O=C1N(c2cccnc2)CC[C@@]12CCN(Cc1ccc(F)cc1)C2. The van der Waals surface area contributed by atoms with Gasteiger partial charge >= 0.3 is 0 Å². The van der Waals surface area contributed by atoms with Crippen LogP contribution in [0.1, 0.15) is 18.4 Å². The number of carbonyl (C=O) groups is 1. The zero-order valence-corrected chi connectivity index (χ0v) is 13.5. The van der Waals surface area contributed by atoms with E-state index in [-0.39, 0.29) is 17.1 Å². The number of amides is 1. The maximum atomic E-state index is 13.0.